The highest BCUT2D eigenvalue weighted by molar-refractivity contribution is 7.11. The molecule has 104 valence electrons. The smallest absolute Gasteiger partial charge is 0.348 e. The van der Waals surface area contributed by atoms with E-state index in [1.807, 2.05) is 25.1 Å². The summed E-state index contributed by atoms with van der Waals surface area (Å²) in [6.07, 6.45) is 0.900. The molecule has 2 aromatic rings. The van der Waals surface area contributed by atoms with E-state index in [4.69, 9.17) is 4.74 Å². The van der Waals surface area contributed by atoms with Gasteiger partial charge >= 0.3 is 5.97 Å². The lowest BCUT2D eigenvalue weighted by atomic mass is 10.1. The van der Waals surface area contributed by atoms with Gasteiger partial charge in [-0.05, 0) is 35.6 Å². The third kappa shape index (κ3) is 3.93. The molecular weight excluding hydrogens is 274 g/mol. The monoisotopic (exact) mass is 289 g/mol. The number of anilines is 1. The second kappa shape index (κ2) is 6.86. The third-order valence-electron chi connectivity index (χ3n) is 2.68. The highest BCUT2D eigenvalue weighted by Crippen LogP contribution is 2.12. The summed E-state index contributed by atoms with van der Waals surface area (Å²) < 4.78 is 4.94. The molecule has 0 atom stereocenters. The van der Waals surface area contributed by atoms with Gasteiger partial charge in [0.25, 0.3) is 5.91 Å². The molecule has 0 saturated heterocycles. The van der Waals surface area contributed by atoms with Crippen molar-refractivity contribution in [1.29, 1.82) is 0 Å². The zero-order chi connectivity index (χ0) is 14.4. The summed E-state index contributed by atoms with van der Waals surface area (Å²) in [6.45, 7) is 1.76. The highest BCUT2D eigenvalue weighted by Gasteiger charge is 2.11. The van der Waals surface area contributed by atoms with Gasteiger partial charge in [0.15, 0.2) is 6.61 Å². The van der Waals surface area contributed by atoms with Crippen LogP contribution < -0.4 is 5.32 Å². The van der Waals surface area contributed by atoms with E-state index in [0.717, 1.165) is 12.0 Å². The maximum absolute atomic E-state index is 11.7. The van der Waals surface area contributed by atoms with Crippen LogP contribution >= 0.6 is 11.3 Å². The van der Waals surface area contributed by atoms with E-state index in [-0.39, 0.29) is 12.5 Å². The fourth-order valence-electron chi connectivity index (χ4n) is 1.66. The van der Waals surface area contributed by atoms with E-state index in [0.29, 0.717) is 10.6 Å². The zero-order valence-corrected chi connectivity index (χ0v) is 11.9. The SMILES string of the molecule is CCc1cccc(NC(=O)COC(=O)c2cccs2)c1. The van der Waals surface area contributed by atoms with Gasteiger partial charge in [-0.3, -0.25) is 4.79 Å². The van der Waals surface area contributed by atoms with Gasteiger partial charge in [-0.25, -0.2) is 4.79 Å². The van der Waals surface area contributed by atoms with E-state index in [2.05, 4.69) is 5.32 Å². The van der Waals surface area contributed by atoms with E-state index >= 15 is 0 Å². The van der Waals surface area contributed by atoms with Crippen LogP contribution in [0.4, 0.5) is 5.69 Å². The Bertz CT molecular complexity index is 593. The van der Waals surface area contributed by atoms with Crippen molar-refractivity contribution < 1.29 is 14.3 Å². The van der Waals surface area contributed by atoms with Crippen LogP contribution in [-0.2, 0) is 16.0 Å². The number of carbonyl (C=O) groups excluding carboxylic acids is 2. The normalized spacial score (nSPS) is 10.1. The fourth-order valence-corrected chi connectivity index (χ4v) is 2.28. The summed E-state index contributed by atoms with van der Waals surface area (Å²) in [4.78, 5) is 23.8. The molecule has 0 aliphatic heterocycles. The maximum atomic E-state index is 11.7. The van der Waals surface area contributed by atoms with Gasteiger partial charge in [0.05, 0.1) is 0 Å². The number of hydrogen-bond acceptors (Lipinski definition) is 4. The van der Waals surface area contributed by atoms with E-state index < -0.39 is 5.97 Å². The number of benzene rings is 1. The van der Waals surface area contributed by atoms with Crippen molar-refractivity contribution in [1.82, 2.24) is 0 Å². The van der Waals surface area contributed by atoms with Crippen LogP contribution in [0.25, 0.3) is 0 Å². The van der Waals surface area contributed by atoms with Crippen molar-refractivity contribution in [3.05, 3.63) is 52.2 Å². The molecule has 0 spiro atoms. The van der Waals surface area contributed by atoms with Crippen LogP contribution in [0.1, 0.15) is 22.2 Å². The molecule has 20 heavy (non-hydrogen) atoms. The minimum atomic E-state index is -0.475. The highest BCUT2D eigenvalue weighted by atomic mass is 32.1. The number of rotatable bonds is 5. The van der Waals surface area contributed by atoms with Crippen molar-refractivity contribution in [3.63, 3.8) is 0 Å². The first kappa shape index (κ1) is 14.3. The molecule has 0 aliphatic carbocycles. The molecule has 2 rings (SSSR count). The number of esters is 1. The summed E-state index contributed by atoms with van der Waals surface area (Å²) in [5, 5.41) is 4.49. The molecule has 0 radical (unpaired) electrons. The molecule has 5 heteroatoms. The van der Waals surface area contributed by atoms with Gasteiger partial charge in [-0.1, -0.05) is 25.1 Å². The molecule has 4 nitrogen and oxygen atoms in total. The van der Waals surface area contributed by atoms with Gasteiger partial charge in [-0.15, -0.1) is 11.3 Å². The van der Waals surface area contributed by atoms with Gasteiger partial charge in [-0.2, -0.15) is 0 Å². The Hall–Kier alpha value is -2.14. The van der Waals surface area contributed by atoms with Gasteiger partial charge < -0.3 is 10.1 Å². The first-order valence-electron chi connectivity index (χ1n) is 6.28. The van der Waals surface area contributed by atoms with Crippen molar-refractivity contribution in [2.75, 3.05) is 11.9 Å². The lowest BCUT2D eigenvalue weighted by Gasteiger charge is -2.07. The Morgan fingerprint density at radius 3 is 2.80 bits per heavy atom. The second-order valence-electron chi connectivity index (χ2n) is 4.16. The Labute approximate surface area is 121 Å². The molecule has 0 fully saturated rings. The number of ether oxygens (including phenoxy) is 1. The average molecular weight is 289 g/mol. The lowest BCUT2D eigenvalue weighted by Crippen LogP contribution is -2.20. The molecule has 0 unspecified atom stereocenters. The first-order valence-corrected chi connectivity index (χ1v) is 7.16. The summed E-state index contributed by atoms with van der Waals surface area (Å²) in [5.41, 5.74) is 1.85. The van der Waals surface area contributed by atoms with Crippen molar-refractivity contribution in [2.45, 2.75) is 13.3 Å². The third-order valence-corrected chi connectivity index (χ3v) is 3.53. The molecule has 1 amide bonds. The molecule has 0 aliphatic rings. The minimum Gasteiger partial charge on any atom is -0.451 e. The van der Waals surface area contributed by atoms with Gasteiger partial charge in [0.2, 0.25) is 0 Å². The van der Waals surface area contributed by atoms with Crippen molar-refractivity contribution in [3.8, 4) is 0 Å². The van der Waals surface area contributed by atoms with Crippen LogP contribution in [0.5, 0.6) is 0 Å². The number of thiophene rings is 1. The van der Waals surface area contributed by atoms with Crippen LogP contribution in [0.2, 0.25) is 0 Å². The number of amides is 1. The summed E-state index contributed by atoms with van der Waals surface area (Å²) in [5.74, 6) is -0.819. The van der Waals surface area contributed by atoms with Crippen LogP contribution in [0, 0.1) is 0 Å². The van der Waals surface area contributed by atoms with E-state index in [1.165, 1.54) is 11.3 Å². The van der Waals surface area contributed by atoms with Crippen molar-refractivity contribution >= 4 is 28.9 Å². The first-order chi connectivity index (χ1) is 9.69. The molecule has 1 heterocycles. The summed E-state index contributed by atoms with van der Waals surface area (Å²) >= 11 is 1.29. The van der Waals surface area contributed by atoms with Crippen LogP contribution in [-0.4, -0.2) is 18.5 Å². The molecule has 1 aromatic heterocycles. The van der Waals surface area contributed by atoms with E-state index in [1.54, 1.807) is 23.6 Å². The molecule has 1 aromatic carbocycles. The number of aryl methyl sites for hydroxylation is 1. The number of nitrogens with one attached hydrogen (secondary N) is 1. The Morgan fingerprint density at radius 1 is 1.25 bits per heavy atom. The Morgan fingerprint density at radius 2 is 2.10 bits per heavy atom. The average Bonchev–Trinajstić information content (AvgIpc) is 2.99. The van der Waals surface area contributed by atoms with Crippen LogP contribution in [0.15, 0.2) is 41.8 Å². The van der Waals surface area contributed by atoms with Gasteiger partial charge in [0.1, 0.15) is 4.88 Å². The number of carbonyl (C=O) groups is 2. The maximum Gasteiger partial charge on any atom is 0.348 e. The fraction of sp³-hybridized carbons (Fsp3) is 0.200. The molecular formula is C15H15NO3S. The minimum absolute atomic E-state index is 0.285. The standard InChI is InChI=1S/C15H15NO3S/c1-2-11-5-3-6-12(9-11)16-14(17)10-19-15(18)13-7-4-8-20-13/h3-9H,2,10H2,1H3,(H,16,17). The Kier molecular flexibility index (Phi) is 4.90. The summed E-state index contributed by atoms with van der Waals surface area (Å²) in [6, 6.07) is 11.0. The predicted molar refractivity (Wildman–Crippen MR) is 79.1 cm³/mol. The van der Waals surface area contributed by atoms with Gasteiger partial charge in [0, 0.05) is 5.69 Å². The zero-order valence-electron chi connectivity index (χ0n) is 11.1. The second-order valence-corrected chi connectivity index (χ2v) is 5.10. The largest absolute Gasteiger partial charge is 0.451 e. The van der Waals surface area contributed by atoms with Crippen molar-refractivity contribution in [2.24, 2.45) is 0 Å². The van der Waals surface area contributed by atoms with E-state index in [9.17, 15) is 9.59 Å². The predicted octanol–water partition coefficient (Wildman–Crippen LogP) is 3.11. The quantitative estimate of drug-likeness (QED) is 0.860. The molecule has 0 saturated carbocycles. The molecule has 0 bridgehead atoms. The molecule has 1 N–H and O–H groups in total. The Balaban J connectivity index is 1.85. The number of hydrogen-bond donors (Lipinski definition) is 1. The summed E-state index contributed by atoms with van der Waals surface area (Å²) in [7, 11) is 0. The topological polar surface area (TPSA) is 55.4 Å². The lowest BCUT2D eigenvalue weighted by molar-refractivity contribution is -0.119. The van der Waals surface area contributed by atoms with Crippen LogP contribution in [0.3, 0.4) is 0 Å².